The van der Waals surface area contributed by atoms with Gasteiger partial charge in [0.1, 0.15) is 17.1 Å². The predicted molar refractivity (Wildman–Crippen MR) is 119 cm³/mol. The molecule has 1 aromatic heterocycles. The van der Waals surface area contributed by atoms with Crippen molar-refractivity contribution in [3.63, 3.8) is 0 Å². The second-order valence-electron chi connectivity index (χ2n) is 7.97. The van der Waals surface area contributed by atoms with E-state index in [1.165, 1.54) is 43.5 Å². The summed E-state index contributed by atoms with van der Waals surface area (Å²) in [4.78, 5) is 53.0. The van der Waals surface area contributed by atoms with E-state index < -0.39 is 46.2 Å². The number of hydrogen-bond donors (Lipinski definition) is 3. The number of benzene rings is 2. The van der Waals surface area contributed by atoms with Gasteiger partial charge < -0.3 is 15.4 Å². The lowest BCUT2D eigenvalue weighted by Gasteiger charge is -2.30. The lowest BCUT2D eigenvalue weighted by atomic mass is 9.91. The Bertz CT molecular complexity index is 1490. The fraction of sp³-hybridized carbons (Fsp3) is 0.217. The van der Waals surface area contributed by atoms with E-state index in [0.717, 1.165) is 10.1 Å². The number of ether oxygens (including phenoxy) is 1. The highest BCUT2D eigenvalue weighted by Crippen LogP contribution is 2.45. The molecule has 0 fully saturated rings. The van der Waals surface area contributed by atoms with Crippen LogP contribution in [0, 0.1) is 13.8 Å². The lowest BCUT2D eigenvalue weighted by Crippen LogP contribution is -2.62. The molecule has 1 atom stereocenters. The molecule has 0 radical (unpaired) electrons. The van der Waals surface area contributed by atoms with Crippen LogP contribution in [0.25, 0.3) is 5.69 Å². The first-order chi connectivity index (χ1) is 16.4. The van der Waals surface area contributed by atoms with Gasteiger partial charge in [-0.05, 0) is 55.3 Å². The standard InChI is InChI=1S/C23H19F3N4O5/c1-11-7-8-14(9-12(11)2)30-17-16(19(32)28-21(30)34)22(20(33)27-17,23(24,25)26)29-18(31)13-5-4-6-15(10-13)35-3/h4-10H,1-3H3,(H,27,33)(H,29,31)(H,28,32,34). The highest BCUT2D eigenvalue weighted by atomic mass is 19.4. The summed E-state index contributed by atoms with van der Waals surface area (Å²) >= 11 is 0. The van der Waals surface area contributed by atoms with Crippen molar-refractivity contribution >= 4 is 17.6 Å². The Morgan fingerprint density at radius 1 is 1.06 bits per heavy atom. The summed E-state index contributed by atoms with van der Waals surface area (Å²) in [6.45, 7) is 3.52. The maximum Gasteiger partial charge on any atom is 0.425 e. The van der Waals surface area contributed by atoms with Crippen LogP contribution in [-0.4, -0.2) is 34.7 Å². The highest BCUT2D eigenvalue weighted by Gasteiger charge is 2.68. The zero-order valence-electron chi connectivity index (χ0n) is 18.7. The molecular formula is C23H19F3N4O5. The fourth-order valence-corrected chi connectivity index (χ4v) is 3.90. The van der Waals surface area contributed by atoms with Gasteiger partial charge in [-0.1, -0.05) is 12.1 Å². The zero-order chi connectivity index (χ0) is 25.7. The van der Waals surface area contributed by atoms with Crippen molar-refractivity contribution in [3.8, 4) is 11.4 Å². The van der Waals surface area contributed by atoms with E-state index in [0.29, 0.717) is 5.56 Å². The van der Waals surface area contributed by atoms with Crippen molar-refractivity contribution in [2.45, 2.75) is 25.6 Å². The predicted octanol–water partition coefficient (Wildman–Crippen LogP) is 2.29. The normalized spacial score (nSPS) is 17.0. The van der Waals surface area contributed by atoms with Crippen LogP contribution in [0.4, 0.5) is 19.0 Å². The number of H-pyrrole nitrogens is 1. The Hall–Kier alpha value is -4.35. The molecule has 9 nitrogen and oxygen atoms in total. The second kappa shape index (κ2) is 8.15. The fourth-order valence-electron chi connectivity index (χ4n) is 3.90. The van der Waals surface area contributed by atoms with Crippen molar-refractivity contribution in [2.75, 3.05) is 12.4 Å². The molecular weight excluding hydrogens is 469 g/mol. The molecule has 12 heteroatoms. The van der Waals surface area contributed by atoms with Gasteiger partial charge in [0.25, 0.3) is 22.9 Å². The van der Waals surface area contributed by atoms with Crippen LogP contribution in [0.15, 0.2) is 52.1 Å². The second-order valence-corrected chi connectivity index (χ2v) is 7.97. The van der Waals surface area contributed by atoms with Crippen molar-refractivity contribution in [2.24, 2.45) is 0 Å². The third-order valence-corrected chi connectivity index (χ3v) is 5.87. The molecule has 182 valence electrons. The molecule has 2 aromatic carbocycles. The number of nitrogens with one attached hydrogen (secondary N) is 3. The monoisotopic (exact) mass is 488 g/mol. The first-order valence-electron chi connectivity index (χ1n) is 10.2. The van der Waals surface area contributed by atoms with E-state index >= 15 is 0 Å². The summed E-state index contributed by atoms with van der Waals surface area (Å²) in [7, 11) is 1.31. The smallest absolute Gasteiger partial charge is 0.425 e. The topological polar surface area (TPSA) is 122 Å². The Morgan fingerprint density at radius 3 is 2.40 bits per heavy atom. The van der Waals surface area contributed by atoms with E-state index in [4.69, 9.17) is 4.74 Å². The van der Waals surface area contributed by atoms with Crippen LogP contribution >= 0.6 is 0 Å². The van der Waals surface area contributed by atoms with E-state index in [2.05, 4.69) is 0 Å². The maximum atomic E-state index is 14.6. The average Bonchev–Trinajstić information content (AvgIpc) is 3.09. The van der Waals surface area contributed by atoms with Crippen LogP contribution in [0.5, 0.6) is 5.75 Å². The van der Waals surface area contributed by atoms with Crippen molar-refractivity contribution in [1.29, 1.82) is 0 Å². The zero-order valence-corrected chi connectivity index (χ0v) is 18.7. The number of fused-ring (bicyclic) bond motifs is 1. The van der Waals surface area contributed by atoms with Crippen LogP contribution in [0.1, 0.15) is 27.0 Å². The third-order valence-electron chi connectivity index (χ3n) is 5.87. The first-order valence-corrected chi connectivity index (χ1v) is 10.2. The molecule has 0 saturated carbocycles. The molecule has 0 aliphatic carbocycles. The number of aromatic amines is 1. The maximum absolute atomic E-state index is 14.6. The van der Waals surface area contributed by atoms with Crippen LogP contribution in [0.3, 0.4) is 0 Å². The molecule has 0 spiro atoms. The van der Waals surface area contributed by atoms with Gasteiger partial charge in [-0.25, -0.2) is 9.36 Å². The number of halogens is 3. The quantitative estimate of drug-likeness (QED) is 0.520. The number of nitrogens with zero attached hydrogens (tertiary/aromatic N) is 1. The lowest BCUT2D eigenvalue weighted by molar-refractivity contribution is -0.196. The largest absolute Gasteiger partial charge is 0.497 e. The SMILES string of the molecule is COc1cccc(C(=O)NC2(C(F)(F)F)C(=O)Nc3c2c(=O)[nH]c(=O)n3-c2ccc(C)c(C)c2)c1. The molecule has 0 bridgehead atoms. The third kappa shape index (κ3) is 3.66. The van der Waals surface area contributed by atoms with Crippen LogP contribution in [0.2, 0.25) is 0 Å². The molecule has 3 aromatic rings. The summed E-state index contributed by atoms with van der Waals surface area (Å²) in [5.41, 5.74) is -6.00. The highest BCUT2D eigenvalue weighted by molar-refractivity contribution is 6.09. The Morgan fingerprint density at radius 2 is 1.77 bits per heavy atom. The van der Waals surface area contributed by atoms with E-state index in [9.17, 15) is 32.3 Å². The number of carbonyl (C=O) groups excluding carboxylic acids is 2. The van der Waals surface area contributed by atoms with Crippen molar-refractivity contribution in [1.82, 2.24) is 14.9 Å². The molecule has 0 saturated heterocycles. The molecule has 4 rings (SSSR count). The summed E-state index contributed by atoms with van der Waals surface area (Å²) in [6, 6.07) is 9.85. The first kappa shape index (κ1) is 23.8. The number of amides is 2. The Labute approximate surface area is 195 Å². The molecule has 3 N–H and O–H groups in total. The summed E-state index contributed by atoms with van der Waals surface area (Å²) in [6.07, 6.45) is -5.45. The minimum absolute atomic E-state index is 0.114. The summed E-state index contributed by atoms with van der Waals surface area (Å²) in [5, 5.41) is 3.70. The van der Waals surface area contributed by atoms with Gasteiger partial charge in [0.2, 0.25) is 0 Å². The minimum Gasteiger partial charge on any atom is -0.497 e. The number of carbonyl (C=O) groups is 2. The van der Waals surface area contributed by atoms with E-state index in [1.54, 1.807) is 25.2 Å². The van der Waals surface area contributed by atoms with Gasteiger partial charge in [0.15, 0.2) is 0 Å². The summed E-state index contributed by atoms with van der Waals surface area (Å²) < 4.78 is 49.4. The van der Waals surface area contributed by atoms with Gasteiger partial charge in [-0.2, -0.15) is 13.2 Å². The number of aromatic nitrogens is 2. The van der Waals surface area contributed by atoms with Crippen molar-refractivity contribution < 1.29 is 27.5 Å². The Kier molecular flexibility index (Phi) is 5.54. The number of anilines is 1. The average molecular weight is 488 g/mol. The number of rotatable bonds is 4. The van der Waals surface area contributed by atoms with E-state index in [1.807, 2.05) is 10.3 Å². The number of methoxy groups -OCH3 is 1. The van der Waals surface area contributed by atoms with E-state index in [-0.39, 0.29) is 17.0 Å². The van der Waals surface area contributed by atoms with Gasteiger partial charge in [0.05, 0.1) is 12.8 Å². The number of aryl methyl sites for hydroxylation is 2. The summed E-state index contributed by atoms with van der Waals surface area (Å²) in [5.74, 6) is -3.51. The Balaban J connectivity index is 1.96. The van der Waals surface area contributed by atoms with Gasteiger partial charge in [0, 0.05) is 5.56 Å². The molecule has 2 amide bonds. The van der Waals surface area contributed by atoms with Gasteiger partial charge >= 0.3 is 11.9 Å². The van der Waals surface area contributed by atoms with Crippen molar-refractivity contribution in [3.05, 3.63) is 85.6 Å². The molecule has 2 heterocycles. The molecule has 1 aliphatic rings. The van der Waals surface area contributed by atoms with Gasteiger partial charge in [-0.3, -0.25) is 19.4 Å². The van der Waals surface area contributed by atoms with Gasteiger partial charge in [-0.15, -0.1) is 0 Å². The molecule has 1 aliphatic heterocycles. The molecule has 1 unspecified atom stereocenters. The van der Waals surface area contributed by atoms with Crippen LogP contribution in [-0.2, 0) is 10.3 Å². The minimum atomic E-state index is -5.45. The number of alkyl halides is 3. The van der Waals surface area contributed by atoms with Crippen LogP contribution < -0.4 is 26.6 Å². The molecule has 35 heavy (non-hydrogen) atoms. The number of hydrogen-bond acceptors (Lipinski definition) is 5.